The number of hydrogen-bond acceptors (Lipinski definition) is 7. The number of ether oxygens (including phenoxy) is 1. The van der Waals surface area contributed by atoms with E-state index in [1.54, 1.807) is 0 Å². The van der Waals surface area contributed by atoms with E-state index in [2.05, 4.69) is 10.2 Å². The van der Waals surface area contributed by atoms with Gasteiger partial charge in [-0.3, -0.25) is 24.6 Å². The van der Waals surface area contributed by atoms with E-state index in [9.17, 15) is 19.7 Å². The van der Waals surface area contributed by atoms with Crippen LogP contribution in [0.2, 0.25) is 0 Å². The first kappa shape index (κ1) is 21.5. The average Bonchev–Trinajstić information content (AvgIpc) is 3.41. The number of rotatable bonds is 8. The highest BCUT2D eigenvalue weighted by molar-refractivity contribution is 6.36. The van der Waals surface area contributed by atoms with Crippen LogP contribution in [0.3, 0.4) is 0 Å². The van der Waals surface area contributed by atoms with E-state index < -0.39 is 16.7 Å². The SMILES string of the molecule is COCCN1C(=O)C(Nc2ccc(N3CCCC3)cc2)=C(c2ccc([N+](=O)[O-])cc2)C1=O. The van der Waals surface area contributed by atoms with Crippen LogP contribution in [0.25, 0.3) is 5.57 Å². The van der Waals surface area contributed by atoms with Crippen LogP contribution in [0.15, 0.2) is 54.2 Å². The summed E-state index contributed by atoms with van der Waals surface area (Å²) < 4.78 is 5.03. The number of amides is 2. The van der Waals surface area contributed by atoms with Gasteiger partial charge in [0.25, 0.3) is 17.5 Å². The summed E-state index contributed by atoms with van der Waals surface area (Å²) in [7, 11) is 1.50. The van der Waals surface area contributed by atoms with Crippen LogP contribution in [0.4, 0.5) is 17.1 Å². The second-order valence-electron chi connectivity index (χ2n) is 7.67. The summed E-state index contributed by atoms with van der Waals surface area (Å²) in [4.78, 5) is 40.1. The van der Waals surface area contributed by atoms with Gasteiger partial charge in [0.2, 0.25) is 0 Å². The minimum Gasteiger partial charge on any atom is -0.383 e. The van der Waals surface area contributed by atoms with Crippen LogP contribution >= 0.6 is 0 Å². The third-order valence-electron chi connectivity index (χ3n) is 5.66. The van der Waals surface area contributed by atoms with Gasteiger partial charge in [-0.25, -0.2) is 0 Å². The summed E-state index contributed by atoms with van der Waals surface area (Å²) in [6.45, 7) is 2.39. The van der Waals surface area contributed by atoms with Gasteiger partial charge >= 0.3 is 0 Å². The Balaban J connectivity index is 1.65. The first-order valence-corrected chi connectivity index (χ1v) is 10.5. The maximum Gasteiger partial charge on any atom is 0.278 e. The summed E-state index contributed by atoms with van der Waals surface area (Å²) in [6, 6.07) is 13.3. The third-order valence-corrected chi connectivity index (χ3v) is 5.66. The Morgan fingerprint density at radius 3 is 2.25 bits per heavy atom. The van der Waals surface area contributed by atoms with E-state index >= 15 is 0 Å². The standard InChI is InChI=1S/C23H24N4O5/c1-32-15-14-26-22(28)20(16-4-8-19(9-5-16)27(30)31)21(23(26)29)24-17-6-10-18(11-7-17)25-12-2-3-13-25/h4-11,24H,2-3,12-15H2,1H3. The molecule has 2 aliphatic rings. The van der Waals surface area contributed by atoms with E-state index in [-0.39, 0.29) is 30.1 Å². The lowest BCUT2D eigenvalue weighted by atomic mass is 10.0. The van der Waals surface area contributed by atoms with Crippen molar-refractivity contribution >= 4 is 34.4 Å². The van der Waals surface area contributed by atoms with Gasteiger partial charge in [0, 0.05) is 43.7 Å². The lowest BCUT2D eigenvalue weighted by Gasteiger charge is -2.18. The van der Waals surface area contributed by atoms with Crippen molar-refractivity contribution in [2.24, 2.45) is 0 Å². The molecule has 4 rings (SSSR count). The average molecular weight is 436 g/mol. The van der Waals surface area contributed by atoms with E-state index in [0.29, 0.717) is 11.3 Å². The van der Waals surface area contributed by atoms with Gasteiger partial charge in [0.15, 0.2) is 0 Å². The number of nitrogens with zero attached hydrogens (tertiary/aromatic N) is 3. The maximum absolute atomic E-state index is 13.1. The molecule has 9 nitrogen and oxygen atoms in total. The molecule has 32 heavy (non-hydrogen) atoms. The van der Waals surface area contributed by atoms with Gasteiger partial charge in [-0.05, 0) is 54.8 Å². The number of anilines is 2. The molecule has 0 saturated carbocycles. The van der Waals surface area contributed by atoms with Crippen molar-refractivity contribution in [2.75, 3.05) is 43.6 Å². The molecule has 1 fully saturated rings. The number of hydrogen-bond donors (Lipinski definition) is 1. The van der Waals surface area contributed by atoms with Crippen LogP contribution in [0, 0.1) is 10.1 Å². The topological polar surface area (TPSA) is 105 Å². The fourth-order valence-electron chi connectivity index (χ4n) is 3.97. The summed E-state index contributed by atoms with van der Waals surface area (Å²) in [5.41, 5.74) is 2.48. The van der Waals surface area contributed by atoms with Crippen molar-refractivity contribution in [3.8, 4) is 0 Å². The molecule has 0 atom stereocenters. The summed E-state index contributed by atoms with van der Waals surface area (Å²) in [5, 5.41) is 14.1. The van der Waals surface area contributed by atoms with E-state index in [1.807, 2.05) is 24.3 Å². The monoisotopic (exact) mass is 436 g/mol. The molecular formula is C23H24N4O5. The van der Waals surface area contributed by atoms with Crippen LogP contribution in [-0.4, -0.2) is 55.0 Å². The predicted octanol–water partition coefficient (Wildman–Crippen LogP) is 3.03. The Kier molecular flexibility index (Phi) is 6.18. The predicted molar refractivity (Wildman–Crippen MR) is 120 cm³/mol. The number of nitro groups is 1. The van der Waals surface area contributed by atoms with E-state index in [4.69, 9.17) is 4.74 Å². The summed E-state index contributed by atoms with van der Waals surface area (Å²) in [6.07, 6.45) is 2.36. The second-order valence-corrected chi connectivity index (χ2v) is 7.67. The molecule has 166 valence electrons. The van der Waals surface area contributed by atoms with Gasteiger partial charge in [-0.15, -0.1) is 0 Å². The molecule has 0 spiro atoms. The molecule has 2 amide bonds. The number of nitrogens with one attached hydrogen (secondary N) is 1. The molecule has 0 radical (unpaired) electrons. The second kappa shape index (κ2) is 9.19. The Bertz CT molecular complexity index is 1060. The number of methoxy groups -OCH3 is 1. The highest BCUT2D eigenvalue weighted by atomic mass is 16.6. The first-order chi connectivity index (χ1) is 15.5. The number of imide groups is 1. The van der Waals surface area contributed by atoms with E-state index in [0.717, 1.165) is 23.7 Å². The van der Waals surface area contributed by atoms with Gasteiger partial charge in [-0.2, -0.15) is 0 Å². The van der Waals surface area contributed by atoms with Gasteiger partial charge in [0.05, 0.1) is 23.6 Å². The quantitative estimate of drug-likeness (QED) is 0.385. The fraction of sp³-hybridized carbons (Fsp3) is 0.304. The highest BCUT2D eigenvalue weighted by Gasteiger charge is 2.39. The first-order valence-electron chi connectivity index (χ1n) is 10.5. The highest BCUT2D eigenvalue weighted by Crippen LogP contribution is 2.32. The molecule has 2 aromatic carbocycles. The van der Waals surface area contributed by atoms with Crippen molar-refractivity contribution in [3.05, 3.63) is 69.9 Å². The third kappa shape index (κ3) is 4.19. The molecular weight excluding hydrogens is 412 g/mol. The lowest BCUT2D eigenvalue weighted by molar-refractivity contribution is -0.384. The van der Waals surface area contributed by atoms with Crippen molar-refractivity contribution < 1.29 is 19.2 Å². The zero-order valence-electron chi connectivity index (χ0n) is 17.7. The fourth-order valence-corrected chi connectivity index (χ4v) is 3.97. The Labute approximate surface area is 185 Å². The minimum absolute atomic E-state index is 0.0885. The molecule has 0 bridgehead atoms. The molecule has 9 heteroatoms. The molecule has 2 aromatic rings. The van der Waals surface area contributed by atoms with E-state index in [1.165, 1.54) is 44.2 Å². The van der Waals surface area contributed by atoms with Crippen molar-refractivity contribution in [3.63, 3.8) is 0 Å². The van der Waals surface area contributed by atoms with Gasteiger partial charge in [-0.1, -0.05) is 0 Å². The van der Waals surface area contributed by atoms with Crippen molar-refractivity contribution in [1.82, 2.24) is 4.90 Å². The van der Waals surface area contributed by atoms with Gasteiger partial charge < -0.3 is 15.0 Å². The lowest BCUT2D eigenvalue weighted by Crippen LogP contribution is -2.35. The zero-order valence-corrected chi connectivity index (χ0v) is 17.7. The van der Waals surface area contributed by atoms with Crippen LogP contribution in [-0.2, 0) is 14.3 Å². The molecule has 2 aliphatic heterocycles. The molecule has 1 saturated heterocycles. The molecule has 0 aliphatic carbocycles. The molecule has 1 N–H and O–H groups in total. The maximum atomic E-state index is 13.1. The number of carbonyl (C=O) groups is 2. The smallest absolute Gasteiger partial charge is 0.278 e. The number of nitro benzene ring substituents is 1. The van der Waals surface area contributed by atoms with Gasteiger partial charge in [0.1, 0.15) is 5.70 Å². The summed E-state index contributed by atoms with van der Waals surface area (Å²) >= 11 is 0. The van der Waals surface area contributed by atoms with Crippen molar-refractivity contribution in [2.45, 2.75) is 12.8 Å². The van der Waals surface area contributed by atoms with Crippen LogP contribution in [0.5, 0.6) is 0 Å². The van der Waals surface area contributed by atoms with Crippen LogP contribution < -0.4 is 10.2 Å². The minimum atomic E-state index is -0.508. The Morgan fingerprint density at radius 1 is 1.00 bits per heavy atom. The number of benzene rings is 2. The van der Waals surface area contributed by atoms with Crippen LogP contribution in [0.1, 0.15) is 18.4 Å². The molecule has 0 unspecified atom stereocenters. The number of non-ortho nitro benzene ring substituents is 1. The zero-order chi connectivity index (χ0) is 22.7. The normalized spacial score (nSPS) is 16.3. The Hall–Kier alpha value is -3.72. The Morgan fingerprint density at radius 2 is 1.66 bits per heavy atom. The van der Waals surface area contributed by atoms with Crippen molar-refractivity contribution in [1.29, 1.82) is 0 Å². The summed E-state index contributed by atoms with van der Waals surface area (Å²) in [5.74, 6) is -0.916. The molecule has 2 heterocycles. The molecule has 0 aromatic heterocycles. The number of carbonyl (C=O) groups excluding carboxylic acids is 2. The largest absolute Gasteiger partial charge is 0.383 e.